The number of halogens is 1. The third-order valence-electron chi connectivity index (χ3n) is 2.92. The molecule has 1 unspecified atom stereocenters. The Morgan fingerprint density at radius 1 is 1.45 bits per heavy atom. The van der Waals surface area contributed by atoms with E-state index in [9.17, 15) is 4.39 Å². The van der Waals surface area contributed by atoms with Crippen LogP contribution in [-0.4, -0.2) is 21.7 Å². The van der Waals surface area contributed by atoms with Crippen LogP contribution in [0.15, 0.2) is 28.3 Å². The molecule has 0 aliphatic heterocycles. The van der Waals surface area contributed by atoms with Crippen molar-refractivity contribution >= 4 is 11.8 Å². The summed E-state index contributed by atoms with van der Waals surface area (Å²) in [7, 11) is 0. The smallest absolute Gasteiger partial charge is 0.213 e. The summed E-state index contributed by atoms with van der Waals surface area (Å²) in [5, 5.41) is 10.8. The lowest BCUT2D eigenvalue weighted by atomic mass is 10.1. The molecule has 0 amide bonds. The van der Waals surface area contributed by atoms with Gasteiger partial charge in [-0.15, -0.1) is 5.10 Å². The second-order valence-corrected chi connectivity index (χ2v) is 5.64. The number of aryl methyl sites for hydroxylation is 1. The zero-order valence-corrected chi connectivity index (χ0v) is 12.7. The van der Waals surface area contributed by atoms with Crippen LogP contribution in [0.25, 0.3) is 0 Å². The standard InChI is InChI=1S/C14H19FN4S/c1-4-8-16-9(2)13-11(15)6-5-7-12(13)20-14-17-10(3)18-19-14/h5-7,9,16H,4,8H2,1-3H3,(H,17,18,19). The van der Waals surface area contributed by atoms with E-state index in [0.717, 1.165) is 23.7 Å². The van der Waals surface area contributed by atoms with Crippen molar-refractivity contribution in [3.8, 4) is 0 Å². The van der Waals surface area contributed by atoms with E-state index in [1.807, 2.05) is 19.9 Å². The Labute approximate surface area is 122 Å². The molecule has 108 valence electrons. The fourth-order valence-electron chi connectivity index (χ4n) is 1.96. The van der Waals surface area contributed by atoms with Crippen LogP contribution >= 0.6 is 11.8 Å². The SMILES string of the molecule is CCCNC(C)c1c(F)cccc1Sc1n[nH]c(C)n1. The van der Waals surface area contributed by atoms with Gasteiger partial charge >= 0.3 is 0 Å². The molecule has 1 atom stereocenters. The number of hydrogen-bond acceptors (Lipinski definition) is 4. The van der Waals surface area contributed by atoms with Crippen LogP contribution in [0.5, 0.6) is 0 Å². The fourth-order valence-corrected chi connectivity index (χ4v) is 2.96. The molecule has 0 saturated carbocycles. The van der Waals surface area contributed by atoms with Crippen LogP contribution < -0.4 is 5.32 Å². The highest BCUT2D eigenvalue weighted by molar-refractivity contribution is 7.99. The van der Waals surface area contributed by atoms with Crippen molar-refractivity contribution in [3.05, 3.63) is 35.4 Å². The maximum atomic E-state index is 14.1. The van der Waals surface area contributed by atoms with Gasteiger partial charge in [-0.05, 0) is 50.7 Å². The largest absolute Gasteiger partial charge is 0.310 e. The Bertz CT molecular complexity index is 570. The summed E-state index contributed by atoms with van der Waals surface area (Å²) in [4.78, 5) is 5.10. The van der Waals surface area contributed by atoms with Gasteiger partial charge in [0.25, 0.3) is 0 Å². The van der Waals surface area contributed by atoms with Crippen molar-refractivity contribution in [1.29, 1.82) is 0 Å². The average molecular weight is 294 g/mol. The highest BCUT2D eigenvalue weighted by Crippen LogP contribution is 2.33. The maximum Gasteiger partial charge on any atom is 0.213 e. The maximum absolute atomic E-state index is 14.1. The zero-order valence-electron chi connectivity index (χ0n) is 11.9. The van der Waals surface area contributed by atoms with Crippen LogP contribution in [0, 0.1) is 12.7 Å². The van der Waals surface area contributed by atoms with Gasteiger partial charge in [-0.2, -0.15) is 0 Å². The normalized spacial score (nSPS) is 12.6. The topological polar surface area (TPSA) is 53.6 Å². The first kappa shape index (κ1) is 15.0. The summed E-state index contributed by atoms with van der Waals surface area (Å²) in [5.74, 6) is 0.556. The molecule has 1 heterocycles. The predicted molar refractivity (Wildman–Crippen MR) is 78.4 cm³/mol. The quantitative estimate of drug-likeness (QED) is 0.856. The second kappa shape index (κ2) is 6.85. The highest BCUT2D eigenvalue weighted by Gasteiger charge is 2.17. The Balaban J connectivity index is 2.25. The molecule has 0 fully saturated rings. The van der Waals surface area contributed by atoms with E-state index in [0.29, 0.717) is 10.7 Å². The molecule has 2 N–H and O–H groups in total. The monoisotopic (exact) mass is 294 g/mol. The first-order valence-corrected chi connectivity index (χ1v) is 7.52. The Kier molecular flexibility index (Phi) is 5.14. The number of H-pyrrole nitrogens is 1. The molecule has 20 heavy (non-hydrogen) atoms. The molecule has 0 radical (unpaired) electrons. The van der Waals surface area contributed by atoms with Gasteiger partial charge in [-0.25, -0.2) is 9.37 Å². The Hall–Kier alpha value is -1.40. The molecular formula is C14H19FN4S. The van der Waals surface area contributed by atoms with E-state index in [-0.39, 0.29) is 11.9 Å². The summed E-state index contributed by atoms with van der Waals surface area (Å²) in [6, 6.07) is 5.07. The third-order valence-corrected chi connectivity index (χ3v) is 3.87. The van der Waals surface area contributed by atoms with Crippen LogP contribution in [0.3, 0.4) is 0 Å². The van der Waals surface area contributed by atoms with Gasteiger partial charge in [-0.1, -0.05) is 13.0 Å². The molecule has 0 aliphatic carbocycles. The van der Waals surface area contributed by atoms with Gasteiger partial charge in [0.05, 0.1) is 0 Å². The molecular weight excluding hydrogens is 275 g/mol. The van der Waals surface area contributed by atoms with E-state index < -0.39 is 0 Å². The lowest BCUT2D eigenvalue weighted by molar-refractivity contribution is 0.519. The first-order valence-electron chi connectivity index (χ1n) is 6.70. The highest BCUT2D eigenvalue weighted by atomic mass is 32.2. The van der Waals surface area contributed by atoms with E-state index in [4.69, 9.17) is 0 Å². The van der Waals surface area contributed by atoms with E-state index in [2.05, 4.69) is 27.4 Å². The van der Waals surface area contributed by atoms with Crippen molar-refractivity contribution in [3.63, 3.8) is 0 Å². The average Bonchev–Trinajstić information content (AvgIpc) is 2.81. The molecule has 2 aromatic rings. The minimum Gasteiger partial charge on any atom is -0.310 e. The van der Waals surface area contributed by atoms with Crippen molar-refractivity contribution in [2.24, 2.45) is 0 Å². The summed E-state index contributed by atoms with van der Waals surface area (Å²) in [6.07, 6.45) is 1.02. The number of aromatic nitrogens is 3. The predicted octanol–water partition coefficient (Wildman–Crippen LogP) is 3.46. The van der Waals surface area contributed by atoms with E-state index in [1.54, 1.807) is 6.07 Å². The molecule has 2 rings (SSSR count). The van der Waals surface area contributed by atoms with Crippen LogP contribution in [-0.2, 0) is 0 Å². The van der Waals surface area contributed by atoms with E-state index in [1.165, 1.54) is 17.8 Å². The van der Waals surface area contributed by atoms with Crippen molar-refractivity contribution in [2.75, 3.05) is 6.54 Å². The van der Waals surface area contributed by atoms with Gasteiger partial charge in [-0.3, -0.25) is 5.10 Å². The molecule has 0 spiro atoms. The third kappa shape index (κ3) is 3.58. The molecule has 0 saturated heterocycles. The molecule has 1 aromatic heterocycles. The van der Waals surface area contributed by atoms with Gasteiger partial charge in [0.15, 0.2) is 0 Å². The Morgan fingerprint density at radius 3 is 2.90 bits per heavy atom. The number of aromatic amines is 1. The lowest BCUT2D eigenvalue weighted by Gasteiger charge is -2.17. The van der Waals surface area contributed by atoms with Crippen molar-refractivity contribution < 1.29 is 4.39 Å². The van der Waals surface area contributed by atoms with Crippen LogP contribution in [0.2, 0.25) is 0 Å². The number of nitrogens with zero attached hydrogens (tertiary/aromatic N) is 2. The molecule has 1 aromatic carbocycles. The van der Waals surface area contributed by atoms with Crippen LogP contribution in [0.4, 0.5) is 4.39 Å². The van der Waals surface area contributed by atoms with Crippen molar-refractivity contribution in [1.82, 2.24) is 20.5 Å². The van der Waals surface area contributed by atoms with Gasteiger partial charge in [0, 0.05) is 16.5 Å². The zero-order chi connectivity index (χ0) is 14.5. The van der Waals surface area contributed by atoms with E-state index >= 15 is 0 Å². The van der Waals surface area contributed by atoms with Gasteiger partial charge in [0.2, 0.25) is 5.16 Å². The van der Waals surface area contributed by atoms with Crippen LogP contribution in [0.1, 0.15) is 37.7 Å². The van der Waals surface area contributed by atoms with Gasteiger partial charge < -0.3 is 5.32 Å². The van der Waals surface area contributed by atoms with Crippen molar-refractivity contribution in [2.45, 2.75) is 43.3 Å². The fraction of sp³-hybridized carbons (Fsp3) is 0.429. The molecule has 0 aliphatic rings. The lowest BCUT2D eigenvalue weighted by Crippen LogP contribution is -2.21. The number of rotatable bonds is 6. The minimum absolute atomic E-state index is 0.0429. The molecule has 0 bridgehead atoms. The molecule has 6 heteroatoms. The minimum atomic E-state index is -0.196. The summed E-state index contributed by atoms with van der Waals surface area (Å²) >= 11 is 1.38. The Morgan fingerprint density at radius 2 is 2.25 bits per heavy atom. The second-order valence-electron chi connectivity index (χ2n) is 4.63. The van der Waals surface area contributed by atoms with Gasteiger partial charge in [0.1, 0.15) is 11.6 Å². The number of benzene rings is 1. The molecule has 4 nitrogen and oxygen atoms in total. The summed E-state index contributed by atoms with van der Waals surface area (Å²) < 4.78 is 14.1. The summed E-state index contributed by atoms with van der Waals surface area (Å²) in [6.45, 7) is 6.77. The summed E-state index contributed by atoms with van der Waals surface area (Å²) in [5.41, 5.74) is 0.674. The first-order chi connectivity index (χ1) is 9.61. The number of hydrogen-bond donors (Lipinski definition) is 2. The number of nitrogens with one attached hydrogen (secondary N) is 2.